The first-order valence-corrected chi connectivity index (χ1v) is 7.15. The van der Waals surface area contributed by atoms with Crippen molar-refractivity contribution < 1.29 is 0 Å². The number of hydrogen-bond acceptors (Lipinski definition) is 0. The van der Waals surface area contributed by atoms with Crippen LogP contribution in [0.1, 0.15) is 37.1 Å². The number of rotatable bonds is 6. The van der Waals surface area contributed by atoms with Gasteiger partial charge in [0.15, 0.2) is 0 Å². The van der Waals surface area contributed by atoms with Crippen LogP contribution in [0, 0.1) is 0 Å². The molecule has 1 nitrogen and oxygen atoms in total. The molecular weight excluding hydrogens is 230 g/mol. The second kappa shape index (κ2) is 6.42. The molecule has 1 heterocycles. The molecule has 0 bridgehead atoms. The van der Waals surface area contributed by atoms with Crippen molar-refractivity contribution >= 4 is 5.57 Å². The third kappa shape index (κ3) is 3.37. The first-order valence-electron chi connectivity index (χ1n) is 7.15. The average Bonchev–Trinajstić information content (AvgIpc) is 2.93. The predicted octanol–water partition coefficient (Wildman–Crippen LogP) is 4.72. The Balaban J connectivity index is 1.96. The Labute approximate surface area is 116 Å². The second-order valence-electron chi connectivity index (χ2n) is 4.95. The molecule has 2 rings (SSSR count). The predicted molar refractivity (Wildman–Crippen MR) is 83.3 cm³/mol. The quantitative estimate of drug-likeness (QED) is 0.702. The highest BCUT2D eigenvalue weighted by Crippen LogP contribution is 2.19. The molecule has 0 saturated heterocycles. The van der Waals surface area contributed by atoms with Crippen LogP contribution < -0.4 is 0 Å². The molecule has 0 radical (unpaired) electrons. The van der Waals surface area contributed by atoms with Crippen LogP contribution >= 0.6 is 0 Å². The highest BCUT2D eigenvalue weighted by molar-refractivity contribution is 5.61. The molecule has 0 N–H and O–H groups in total. The number of allylic oxidation sites excluding steroid dienone is 1. The maximum atomic E-state index is 4.23. The molecular formula is C18H23N. The van der Waals surface area contributed by atoms with Crippen LogP contribution in [0.15, 0.2) is 49.2 Å². The second-order valence-corrected chi connectivity index (χ2v) is 4.95. The highest BCUT2D eigenvalue weighted by Gasteiger charge is 2.04. The van der Waals surface area contributed by atoms with Gasteiger partial charge in [0.1, 0.15) is 0 Å². The van der Waals surface area contributed by atoms with E-state index in [1.54, 1.807) is 0 Å². The molecule has 0 aliphatic rings. The van der Waals surface area contributed by atoms with E-state index >= 15 is 0 Å². The van der Waals surface area contributed by atoms with Gasteiger partial charge in [-0.25, -0.2) is 0 Å². The Morgan fingerprint density at radius 1 is 1.05 bits per heavy atom. The van der Waals surface area contributed by atoms with E-state index in [1.807, 2.05) is 0 Å². The van der Waals surface area contributed by atoms with Crippen molar-refractivity contribution in [1.82, 2.24) is 4.57 Å². The van der Waals surface area contributed by atoms with Gasteiger partial charge in [-0.3, -0.25) is 0 Å². The third-order valence-electron chi connectivity index (χ3n) is 3.68. The molecule has 0 amide bonds. The lowest BCUT2D eigenvalue weighted by Crippen LogP contribution is -1.99. The Bertz CT molecular complexity index is 531. The van der Waals surface area contributed by atoms with E-state index in [1.165, 1.54) is 22.4 Å². The van der Waals surface area contributed by atoms with Gasteiger partial charge in [-0.15, -0.1) is 0 Å². The third-order valence-corrected chi connectivity index (χ3v) is 3.68. The number of aryl methyl sites for hydroxylation is 3. The van der Waals surface area contributed by atoms with Gasteiger partial charge < -0.3 is 4.57 Å². The standard InChI is InChI=1S/C18H23N/c1-4-16-10-12-17(13-11-16)9-8-15(3)18-7-6-14-19(18)5-2/h6-7,10-14H,3-5,8-9H2,1-2H3. The van der Waals surface area contributed by atoms with E-state index in [0.717, 1.165) is 25.8 Å². The average molecular weight is 253 g/mol. The van der Waals surface area contributed by atoms with Gasteiger partial charge in [-0.2, -0.15) is 0 Å². The van der Waals surface area contributed by atoms with Crippen LogP contribution in [-0.4, -0.2) is 4.57 Å². The lowest BCUT2D eigenvalue weighted by molar-refractivity contribution is 0.754. The zero-order valence-electron chi connectivity index (χ0n) is 12.0. The molecule has 0 saturated carbocycles. The van der Waals surface area contributed by atoms with Crippen molar-refractivity contribution in [1.29, 1.82) is 0 Å². The fourth-order valence-corrected chi connectivity index (χ4v) is 2.38. The maximum Gasteiger partial charge on any atom is 0.0433 e. The van der Waals surface area contributed by atoms with Crippen molar-refractivity contribution in [3.63, 3.8) is 0 Å². The summed E-state index contributed by atoms with van der Waals surface area (Å²) in [4.78, 5) is 0. The van der Waals surface area contributed by atoms with Crippen LogP contribution in [0.2, 0.25) is 0 Å². The van der Waals surface area contributed by atoms with Gasteiger partial charge >= 0.3 is 0 Å². The zero-order chi connectivity index (χ0) is 13.7. The van der Waals surface area contributed by atoms with Crippen molar-refractivity contribution in [2.75, 3.05) is 0 Å². The van der Waals surface area contributed by atoms with Gasteiger partial charge in [0, 0.05) is 18.4 Å². The molecule has 0 fully saturated rings. The molecule has 0 aliphatic heterocycles. The van der Waals surface area contributed by atoms with Crippen LogP contribution in [0.4, 0.5) is 0 Å². The molecule has 0 spiro atoms. The summed E-state index contributed by atoms with van der Waals surface area (Å²) in [6.45, 7) is 9.60. The molecule has 0 unspecified atom stereocenters. The minimum Gasteiger partial charge on any atom is -0.348 e. The Kier molecular flexibility index (Phi) is 4.62. The highest BCUT2D eigenvalue weighted by atomic mass is 15.0. The van der Waals surface area contributed by atoms with Crippen molar-refractivity contribution in [3.8, 4) is 0 Å². The summed E-state index contributed by atoms with van der Waals surface area (Å²) >= 11 is 0. The zero-order valence-corrected chi connectivity index (χ0v) is 12.0. The van der Waals surface area contributed by atoms with Gasteiger partial charge in [0.25, 0.3) is 0 Å². The molecule has 0 aliphatic carbocycles. The summed E-state index contributed by atoms with van der Waals surface area (Å²) in [5.74, 6) is 0. The van der Waals surface area contributed by atoms with Crippen LogP contribution in [0.3, 0.4) is 0 Å². The fourth-order valence-electron chi connectivity index (χ4n) is 2.38. The smallest absolute Gasteiger partial charge is 0.0433 e. The van der Waals surface area contributed by atoms with E-state index in [0.29, 0.717) is 0 Å². The van der Waals surface area contributed by atoms with Gasteiger partial charge in [-0.1, -0.05) is 37.8 Å². The van der Waals surface area contributed by atoms with Gasteiger partial charge in [0.05, 0.1) is 0 Å². The first-order chi connectivity index (χ1) is 9.24. The maximum absolute atomic E-state index is 4.23. The normalized spacial score (nSPS) is 10.6. The van der Waals surface area contributed by atoms with Crippen LogP contribution in [0.5, 0.6) is 0 Å². The van der Waals surface area contributed by atoms with Gasteiger partial charge in [-0.05, 0) is 55.0 Å². The number of benzene rings is 1. The minimum atomic E-state index is 1.01. The van der Waals surface area contributed by atoms with E-state index < -0.39 is 0 Å². The molecule has 1 heteroatoms. The molecule has 100 valence electrons. The monoisotopic (exact) mass is 253 g/mol. The summed E-state index contributed by atoms with van der Waals surface area (Å²) in [5.41, 5.74) is 5.30. The van der Waals surface area contributed by atoms with E-state index in [2.05, 4.69) is 67.6 Å². The lowest BCUT2D eigenvalue weighted by atomic mass is 10.0. The van der Waals surface area contributed by atoms with Crippen molar-refractivity contribution in [3.05, 3.63) is 66.0 Å². The summed E-state index contributed by atoms with van der Waals surface area (Å²) in [7, 11) is 0. The van der Waals surface area contributed by atoms with Crippen LogP contribution in [0.25, 0.3) is 5.57 Å². The number of hydrogen-bond donors (Lipinski definition) is 0. The Morgan fingerprint density at radius 2 is 1.74 bits per heavy atom. The van der Waals surface area contributed by atoms with E-state index in [4.69, 9.17) is 0 Å². The molecule has 1 aromatic heterocycles. The Morgan fingerprint density at radius 3 is 2.37 bits per heavy atom. The summed E-state index contributed by atoms with van der Waals surface area (Å²) in [6, 6.07) is 13.2. The van der Waals surface area contributed by atoms with Crippen molar-refractivity contribution in [2.45, 2.75) is 39.7 Å². The van der Waals surface area contributed by atoms with Crippen molar-refractivity contribution in [2.24, 2.45) is 0 Å². The lowest BCUT2D eigenvalue weighted by Gasteiger charge is -2.10. The van der Waals surface area contributed by atoms with E-state index in [9.17, 15) is 0 Å². The number of aromatic nitrogens is 1. The minimum absolute atomic E-state index is 1.01. The SMILES string of the molecule is C=C(CCc1ccc(CC)cc1)c1cccn1CC. The topological polar surface area (TPSA) is 4.93 Å². The van der Waals surface area contributed by atoms with E-state index in [-0.39, 0.29) is 0 Å². The largest absolute Gasteiger partial charge is 0.348 e. The Hall–Kier alpha value is -1.76. The first kappa shape index (κ1) is 13.7. The molecule has 0 atom stereocenters. The van der Waals surface area contributed by atoms with Gasteiger partial charge in [0.2, 0.25) is 0 Å². The fraction of sp³-hybridized carbons (Fsp3) is 0.333. The summed E-state index contributed by atoms with van der Waals surface area (Å²) in [5, 5.41) is 0. The molecule has 2 aromatic rings. The number of nitrogens with zero attached hydrogens (tertiary/aromatic N) is 1. The van der Waals surface area contributed by atoms with Crippen LogP contribution in [-0.2, 0) is 19.4 Å². The molecule has 1 aromatic carbocycles. The summed E-state index contributed by atoms with van der Waals surface area (Å²) < 4.78 is 2.25. The summed E-state index contributed by atoms with van der Waals surface area (Å²) in [6.07, 6.45) is 5.32. The molecule has 19 heavy (non-hydrogen) atoms.